The molecular formula is C15H16N2O7. The molecule has 0 radical (unpaired) electrons. The van der Waals surface area contributed by atoms with Crippen LogP contribution in [-0.4, -0.2) is 69.2 Å². The number of amides is 1. The summed E-state index contributed by atoms with van der Waals surface area (Å²) in [6.45, 7) is -0.310. The van der Waals surface area contributed by atoms with Crippen LogP contribution in [0.4, 0.5) is 0 Å². The van der Waals surface area contributed by atoms with Crippen LogP contribution in [0.1, 0.15) is 27.1 Å². The number of carbonyl (C=O) groups is 4. The van der Waals surface area contributed by atoms with Crippen molar-refractivity contribution in [2.24, 2.45) is 0 Å². The molecule has 0 aliphatic carbocycles. The molecule has 4 N–H and O–H groups in total. The number of carbonyl (C=O) groups excluding carboxylic acids is 1. The number of likely N-dealkylation sites (tertiary alicyclic amines) is 1. The number of hydrogen-bond acceptors (Lipinski definition) is 5. The molecule has 0 bridgehead atoms. The number of benzene rings is 1. The van der Waals surface area contributed by atoms with Gasteiger partial charge in [0.2, 0.25) is 0 Å². The van der Waals surface area contributed by atoms with E-state index in [1.165, 1.54) is 31.3 Å². The third-order valence-electron chi connectivity index (χ3n) is 4.17. The zero-order valence-corrected chi connectivity index (χ0v) is 12.7. The van der Waals surface area contributed by atoms with Gasteiger partial charge in [-0.2, -0.15) is 0 Å². The Kier molecular flexibility index (Phi) is 4.56. The lowest BCUT2D eigenvalue weighted by molar-refractivity contribution is -0.144. The lowest BCUT2D eigenvalue weighted by atomic mass is 9.96. The summed E-state index contributed by atoms with van der Waals surface area (Å²) in [4.78, 5) is 47.3. The summed E-state index contributed by atoms with van der Waals surface area (Å²) in [5, 5.41) is 30.1. The minimum absolute atomic E-state index is 0.0159. The fourth-order valence-electron chi connectivity index (χ4n) is 2.70. The van der Waals surface area contributed by atoms with E-state index in [1.807, 2.05) is 0 Å². The molecule has 1 aliphatic rings. The summed E-state index contributed by atoms with van der Waals surface area (Å²) in [6.07, 6.45) is -0.271. The first-order valence-corrected chi connectivity index (χ1v) is 7.01. The maximum absolute atomic E-state index is 12.6. The van der Waals surface area contributed by atoms with Crippen molar-refractivity contribution in [2.45, 2.75) is 18.0 Å². The Morgan fingerprint density at radius 1 is 1.08 bits per heavy atom. The molecular weight excluding hydrogens is 320 g/mol. The highest BCUT2D eigenvalue weighted by Gasteiger charge is 2.52. The van der Waals surface area contributed by atoms with Crippen LogP contribution in [0.15, 0.2) is 24.3 Å². The van der Waals surface area contributed by atoms with E-state index in [-0.39, 0.29) is 24.1 Å². The van der Waals surface area contributed by atoms with Crippen LogP contribution in [0.2, 0.25) is 0 Å². The maximum atomic E-state index is 12.6. The van der Waals surface area contributed by atoms with Crippen molar-refractivity contribution >= 4 is 23.8 Å². The first-order valence-electron chi connectivity index (χ1n) is 7.01. The van der Waals surface area contributed by atoms with Crippen LogP contribution in [-0.2, 0) is 9.59 Å². The fraction of sp³-hybridized carbons (Fsp3) is 0.333. The standard InChI is InChI=1S/C15H16N2O7/c1-16-15(14(23)24)6-10(13(21)22)17(7-15)11(18)8-2-4-9(5-3-8)12(19)20/h2-5,10,16H,6-7H2,1H3,(H,19,20)(H,21,22)(H,23,24)/t10?,15-/m0/s1. The van der Waals surface area contributed by atoms with Gasteiger partial charge in [0.05, 0.1) is 12.1 Å². The largest absolute Gasteiger partial charge is 0.480 e. The summed E-state index contributed by atoms with van der Waals surface area (Å²) in [5.74, 6) is -4.37. The Bertz CT molecular complexity index is 700. The predicted octanol–water partition coefficient (Wildman–Crippen LogP) is -0.273. The number of aromatic carboxylic acids is 1. The molecule has 0 aromatic heterocycles. The first kappa shape index (κ1) is 17.4. The van der Waals surface area contributed by atoms with Crippen molar-refractivity contribution in [3.63, 3.8) is 0 Å². The first-order chi connectivity index (χ1) is 11.2. The van der Waals surface area contributed by atoms with Gasteiger partial charge in [0.15, 0.2) is 0 Å². The highest BCUT2D eigenvalue weighted by molar-refractivity contribution is 5.99. The molecule has 128 valence electrons. The second-order valence-corrected chi connectivity index (χ2v) is 5.51. The molecule has 1 aromatic rings. The Hall–Kier alpha value is -2.94. The molecule has 1 unspecified atom stereocenters. The van der Waals surface area contributed by atoms with Gasteiger partial charge in [-0.15, -0.1) is 0 Å². The van der Waals surface area contributed by atoms with Gasteiger partial charge in [-0.1, -0.05) is 0 Å². The minimum Gasteiger partial charge on any atom is -0.480 e. The van der Waals surface area contributed by atoms with Gasteiger partial charge in [0.25, 0.3) is 5.91 Å². The number of rotatable bonds is 5. The van der Waals surface area contributed by atoms with Gasteiger partial charge in [0.1, 0.15) is 11.6 Å². The third-order valence-corrected chi connectivity index (χ3v) is 4.17. The second-order valence-electron chi connectivity index (χ2n) is 5.51. The SMILES string of the molecule is CN[C@@]1(C(=O)O)CC(C(=O)O)N(C(=O)c2ccc(C(=O)O)cc2)C1. The summed E-state index contributed by atoms with van der Waals surface area (Å²) < 4.78 is 0. The highest BCUT2D eigenvalue weighted by Crippen LogP contribution is 2.29. The van der Waals surface area contributed by atoms with Crippen molar-refractivity contribution in [2.75, 3.05) is 13.6 Å². The monoisotopic (exact) mass is 336 g/mol. The van der Waals surface area contributed by atoms with Gasteiger partial charge in [-0.05, 0) is 31.3 Å². The van der Waals surface area contributed by atoms with Crippen molar-refractivity contribution in [3.8, 4) is 0 Å². The van der Waals surface area contributed by atoms with Crippen LogP contribution in [0, 0.1) is 0 Å². The van der Waals surface area contributed by atoms with E-state index in [9.17, 15) is 29.4 Å². The molecule has 2 atom stereocenters. The summed E-state index contributed by atoms with van der Waals surface area (Å²) in [6, 6.07) is 3.70. The van der Waals surface area contributed by atoms with Crippen LogP contribution in [0.25, 0.3) is 0 Å². The van der Waals surface area contributed by atoms with E-state index in [4.69, 9.17) is 5.11 Å². The van der Waals surface area contributed by atoms with Crippen LogP contribution in [0.5, 0.6) is 0 Å². The zero-order valence-electron chi connectivity index (χ0n) is 12.7. The van der Waals surface area contributed by atoms with Gasteiger partial charge < -0.3 is 25.5 Å². The van der Waals surface area contributed by atoms with Crippen molar-refractivity contribution in [1.82, 2.24) is 10.2 Å². The van der Waals surface area contributed by atoms with Crippen LogP contribution in [0.3, 0.4) is 0 Å². The summed E-state index contributed by atoms with van der Waals surface area (Å²) in [5.41, 5.74) is -1.47. The molecule has 1 heterocycles. The fourth-order valence-corrected chi connectivity index (χ4v) is 2.70. The Balaban J connectivity index is 2.33. The second kappa shape index (κ2) is 6.28. The molecule has 0 saturated carbocycles. The quantitative estimate of drug-likeness (QED) is 0.575. The molecule has 1 amide bonds. The number of likely N-dealkylation sites (N-methyl/N-ethyl adjacent to an activating group) is 1. The van der Waals surface area contributed by atoms with E-state index in [0.29, 0.717) is 0 Å². The maximum Gasteiger partial charge on any atom is 0.335 e. The van der Waals surface area contributed by atoms with Gasteiger partial charge in [-0.3, -0.25) is 9.59 Å². The normalized spacial score (nSPS) is 23.0. The van der Waals surface area contributed by atoms with Crippen LogP contribution < -0.4 is 5.32 Å². The van der Waals surface area contributed by atoms with Gasteiger partial charge >= 0.3 is 17.9 Å². The summed E-state index contributed by atoms with van der Waals surface area (Å²) >= 11 is 0. The van der Waals surface area contributed by atoms with E-state index in [2.05, 4.69) is 5.32 Å². The lowest BCUT2D eigenvalue weighted by Crippen LogP contribution is -2.52. The Labute approximate surface area is 136 Å². The van der Waals surface area contributed by atoms with Crippen molar-refractivity contribution in [1.29, 1.82) is 0 Å². The van der Waals surface area contributed by atoms with E-state index >= 15 is 0 Å². The highest BCUT2D eigenvalue weighted by atomic mass is 16.4. The Morgan fingerprint density at radius 3 is 2.04 bits per heavy atom. The zero-order chi connectivity index (χ0) is 18.1. The van der Waals surface area contributed by atoms with Crippen LogP contribution >= 0.6 is 0 Å². The molecule has 2 rings (SSSR count). The summed E-state index contributed by atoms with van der Waals surface area (Å²) in [7, 11) is 1.39. The van der Waals surface area contributed by atoms with Gasteiger partial charge in [0, 0.05) is 12.0 Å². The molecule has 9 heteroatoms. The number of hydrogen-bond donors (Lipinski definition) is 4. The van der Waals surface area contributed by atoms with E-state index < -0.39 is 35.4 Å². The Morgan fingerprint density at radius 2 is 1.62 bits per heavy atom. The average Bonchev–Trinajstić information content (AvgIpc) is 2.96. The number of carboxylic acids is 3. The van der Waals surface area contributed by atoms with Crippen molar-refractivity contribution < 1.29 is 34.5 Å². The molecule has 24 heavy (non-hydrogen) atoms. The third kappa shape index (κ3) is 2.93. The lowest BCUT2D eigenvalue weighted by Gasteiger charge is -2.24. The number of nitrogens with one attached hydrogen (secondary N) is 1. The topological polar surface area (TPSA) is 144 Å². The number of aliphatic carboxylic acids is 2. The number of carboxylic acid groups (broad SMARTS) is 3. The molecule has 1 aliphatic heterocycles. The number of nitrogens with zero attached hydrogens (tertiary/aromatic N) is 1. The molecule has 1 saturated heterocycles. The molecule has 1 aromatic carbocycles. The van der Waals surface area contributed by atoms with Crippen molar-refractivity contribution in [3.05, 3.63) is 35.4 Å². The minimum atomic E-state index is -1.54. The van der Waals surface area contributed by atoms with E-state index in [0.717, 1.165) is 4.90 Å². The average molecular weight is 336 g/mol. The smallest absolute Gasteiger partial charge is 0.335 e. The molecule has 0 spiro atoms. The predicted molar refractivity (Wildman–Crippen MR) is 79.9 cm³/mol. The van der Waals surface area contributed by atoms with Gasteiger partial charge in [-0.25, -0.2) is 9.59 Å². The molecule has 1 fully saturated rings. The molecule has 9 nitrogen and oxygen atoms in total. The van der Waals surface area contributed by atoms with E-state index in [1.54, 1.807) is 0 Å².